The number of amides is 1. The molecule has 1 unspecified atom stereocenters. The standard InChI is InChI=1S/C16H15BrN2OS/c1-19(10-13-8-15(17)21-11-13)16(20)14(9-18)7-12-5-3-2-4-6-12/h2-6,8,11,14H,7,10H2,1H3. The molecule has 0 aliphatic rings. The highest BCUT2D eigenvalue weighted by molar-refractivity contribution is 9.11. The Labute approximate surface area is 136 Å². The maximum atomic E-state index is 12.4. The topological polar surface area (TPSA) is 44.1 Å². The van der Waals surface area contributed by atoms with Crippen LogP contribution < -0.4 is 0 Å². The summed E-state index contributed by atoms with van der Waals surface area (Å²) in [4.78, 5) is 14.0. The summed E-state index contributed by atoms with van der Waals surface area (Å²) in [5.74, 6) is -0.775. The molecule has 2 rings (SSSR count). The van der Waals surface area contributed by atoms with Gasteiger partial charge in [0, 0.05) is 13.6 Å². The van der Waals surface area contributed by atoms with Gasteiger partial charge < -0.3 is 4.90 Å². The molecule has 1 aromatic heterocycles. The molecule has 21 heavy (non-hydrogen) atoms. The Bertz CT molecular complexity index is 648. The van der Waals surface area contributed by atoms with Crippen molar-refractivity contribution in [3.63, 3.8) is 0 Å². The fraction of sp³-hybridized carbons (Fsp3) is 0.250. The Hall–Kier alpha value is -1.64. The van der Waals surface area contributed by atoms with Gasteiger partial charge in [-0.2, -0.15) is 5.26 Å². The highest BCUT2D eigenvalue weighted by atomic mass is 79.9. The lowest BCUT2D eigenvalue weighted by atomic mass is 9.99. The second-order valence-corrected chi connectivity index (χ2v) is 7.12. The lowest BCUT2D eigenvalue weighted by Gasteiger charge is -2.19. The molecule has 0 bridgehead atoms. The zero-order valence-corrected chi connectivity index (χ0v) is 14.0. The molecule has 0 aliphatic carbocycles. The number of benzene rings is 1. The van der Waals surface area contributed by atoms with Gasteiger partial charge in [0.2, 0.25) is 5.91 Å². The summed E-state index contributed by atoms with van der Waals surface area (Å²) >= 11 is 5.00. The van der Waals surface area contributed by atoms with Crippen molar-refractivity contribution in [1.82, 2.24) is 4.90 Å². The van der Waals surface area contributed by atoms with Crippen LogP contribution in [0.15, 0.2) is 45.6 Å². The average Bonchev–Trinajstić information content (AvgIpc) is 2.90. The smallest absolute Gasteiger partial charge is 0.240 e. The van der Waals surface area contributed by atoms with E-state index in [2.05, 4.69) is 22.0 Å². The van der Waals surface area contributed by atoms with Crippen molar-refractivity contribution in [3.8, 4) is 6.07 Å². The van der Waals surface area contributed by atoms with Gasteiger partial charge in [0.1, 0.15) is 5.92 Å². The van der Waals surface area contributed by atoms with Crippen molar-refractivity contribution >= 4 is 33.2 Å². The number of halogens is 1. The van der Waals surface area contributed by atoms with Gasteiger partial charge in [-0.25, -0.2) is 0 Å². The van der Waals surface area contributed by atoms with Gasteiger partial charge in [-0.3, -0.25) is 4.79 Å². The van der Waals surface area contributed by atoms with Crippen LogP contribution >= 0.6 is 27.3 Å². The molecule has 0 spiro atoms. The fourth-order valence-electron chi connectivity index (χ4n) is 2.08. The fourth-order valence-corrected chi connectivity index (χ4v) is 3.28. The Morgan fingerprint density at radius 2 is 2.10 bits per heavy atom. The number of carbonyl (C=O) groups excluding carboxylic acids is 1. The van der Waals surface area contributed by atoms with E-state index in [1.54, 1.807) is 23.3 Å². The largest absolute Gasteiger partial charge is 0.340 e. The lowest BCUT2D eigenvalue weighted by molar-refractivity contribution is -0.132. The van der Waals surface area contributed by atoms with Crippen LogP contribution in [0.5, 0.6) is 0 Å². The molecule has 3 nitrogen and oxygen atoms in total. The summed E-state index contributed by atoms with van der Waals surface area (Å²) in [6, 6.07) is 13.8. The number of nitriles is 1. The van der Waals surface area contributed by atoms with Crippen LogP contribution in [0, 0.1) is 17.2 Å². The second-order valence-electron chi connectivity index (χ2n) is 4.82. The molecular weight excluding hydrogens is 348 g/mol. The van der Waals surface area contributed by atoms with E-state index in [9.17, 15) is 10.1 Å². The number of thiophene rings is 1. The molecule has 2 aromatic rings. The molecule has 0 saturated carbocycles. The third-order valence-corrected chi connectivity index (χ3v) is 4.71. The van der Waals surface area contributed by atoms with E-state index >= 15 is 0 Å². The lowest BCUT2D eigenvalue weighted by Crippen LogP contribution is -2.32. The van der Waals surface area contributed by atoms with E-state index in [-0.39, 0.29) is 5.91 Å². The zero-order chi connectivity index (χ0) is 15.2. The molecule has 1 amide bonds. The van der Waals surface area contributed by atoms with Crippen molar-refractivity contribution in [1.29, 1.82) is 5.26 Å². The monoisotopic (exact) mass is 362 g/mol. The maximum Gasteiger partial charge on any atom is 0.240 e. The van der Waals surface area contributed by atoms with E-state index in [1.807, 2.05) is 41.8 Å². The van der Waals surface area contributed by atoms with Crippen molar-refractivity contribution in [2.24, 2.45) is 5.92 Å². The van der Waals surface area contributed by atoms with E-state index in [0.717, 1.165) is 14.9 Å². The van der Waals surface area contributed by atoms with Crippen LogP contribution in [0.3, 0.4) is 0 Å². The van der Waals surface area contributed by atoms with Gasteiger partial charge >= 0.3 is 0 Å². The minimum absolute atomic E-state index is 0.135. The SMILES string of the molecule is CN(Cc1csc(Br)c1)C(=O)C(C#N)Cc1ccccc1. The number of hydrogen-bond donors (Lipinski definition) is 0. The normalized spacial score (nSPS) is 11.7. The third-order valence-electron chi connectivity index (χ3n) is 3.15. The minimum Gasteiger partial charge on any atom is -0.340 e. The van der Waals surface area contributed by atoms with Gasteiger partial charge in [0.25, 0.3) is 0 Å². The van der Waals surface area contributed by atoms with Crippen LogP contribution in [0.25, 0.3) is 0 Å². The summed E-state index contributed by atoms with van der Waals surface area (Å²) in [5, 5.41) is 11.3. The van der Waals surface area contributed by atoms with E-state index in [0.29, 0.717) is 13.0 Å². The number of hydrogen-bond acceptors (Lipinski definition) is 3. The number of carbonyl (C=O) groups is 1. The molecule has 5 heteroatoms. The Morgan fingerprint density at radius 3 is 2.67 bits per heavy atom. The summed E-state index contributed by atoms with van der Waals surface area (Å²) < 4.78 is 1.04. The first-order valence-corrected chi connectivity index (χ1v) is 8.19. The van der Waals surface area contributed by atoms with E-state index in [4.69, 9.17) is 0 Å². The quantitative estimate of drug-likeness (QED) is 0.810. The zero-order valence-electron chi connectivity index (χ0n) is 11.6. The first kappa shape index (κ1) is 15.7. The van der Waals surface area contributed by atoms with Crippen molar-refractivity contribution < 1.29 is 4.79 Å². The second kappa shape index (κ2) is 7.39. The third kappa shape index (κ3) is 4.42. The molecule has 1 atom stereocenters. The number of nitrogens with zero attached hydrogens (tertiary/aromatic N) is 2. The molecule has 1 heterocycles. The molecule has 0 saturated heterocycles. The minimum atomic E-state index is -0.639. The highest BCUT2D eigenvalue weighted by Gasteiger charge is 2.22. The van der Waals surface area contributed by atoms with Gasteiger partial charge in [0.05, 0.1) is 9.86 Å². The van der Waals surface area contributed by atoms with Crippen LogP contribution in [0.2, 0.25) is 0 Å². The van der Waals surface area contributed by atoms with Crippen molar-refractivity contribution in [2.75, 3.05) is 7.05 Å². The summed E-state index contributed by atoms with van der Waals surface area (Å²) in [6.07, 6.45) is 0.452. The van der Waals surface area contributed by atoms with Crippen LogP contribution in [-0.4, -0.2) is 17.9 Å². The molecule has 1 aromatic carbocycles. The van der Waals surface area contributed by atoms with Crippen molar-refractivity contribution in [3.05, 3.63) is 56.7 Å². The molecule has 108 valence electrons. The van der Waals surface area contributed by atoms with E-state index < -0.39 is 5.92 Å². The molecule has 0 aliphatic heterocycles. The Morgan fingerprint density at radius 1 is 1.38 bits per heavy atom. The predicted molar refractivity (Wildman–Crippen MR) is 87.7 cm³/mol. The van der Waals surface area contributed by atoms with Gasteiger partial charge in [-0.05, 0) is 44.9 Å². The molecule has 0 fully saturated rings. The van der Waals surface area contributed by atoms with Crippen LogP contribution in [-0.2, 0) is 17.8 Å². The van der Waals surface area contributed by atoms with Crippen LogP contribution in [0.1, 0.15) is 11.1 Å². The van der Waals surface area contributed by atoms with Gasteiger partial charge in [-0.1, -0.05) is 30.3 Å². The summed E-state index contributed by atoms with van der Waals surface area (Å²) in [6.45, 7) is 0.522. The molecule has 0 radical (unpaired) electrons. The van der Waals surface area contributed by atoms with Crippen molar-refractivity contribution in [2.45, 2.75) is 13.0 Å². The van der Waals surface area contributed by atoms with Gasteiger partial charge in [0.15, 0.2) is 0 Å². The Balaban J connectivity index is 2.01. The number of rotatable bonds is 5. The first-order valence-electron chi connectivity index (χ1n) is 6.51. The predicted octanol–water partition coefficient (Wildman–Crippen LogP) is 3.85. The molecule has 0 N–H and O–H groups in total. The van der Waals surface area contributed by atoms with E-state index in [1.165, 1.54) is 0 Å². The summed E-state index contributed by atoms with van der Waals surface area (Å²) in [7, 11) is 1.74. The average molecular weight is 363 g/mol. The van der Waals surface area contributed by atoms with Crippen LogP contribution in [0.4, 0.5) is 0 Å². The van der Waals surface area contributed by atoms with Gasteiger partial charge in [-0.15, -0.1) is 11.3 Å². The highest BCUT2D eigenvalue weighted by Crippen LogP contribution is 2.22. The molecular formula is C16H15BrN2OS. The maximum absolute atomic E-state index is 12.4. The first-order chi connectivity index (χ1) is 10.1. The Kier molecular flexibility index (Phi) is 5.54. The summed E-state index contributed by atoms with van der Waals surface area (Å²) in [5.41, 5.74) is 2.07.